The molecule has 3 N–H and O–H groups in total. The van der Waals surface area contributed by atoms with Crippen LogP contribution in [0.25, 0.3) is 0 Å². The summed E-state index contributed by atoms with van der Waals surface area (Å²) < 4.78 is 14.3. The molecule has 6 heteroatoms. The van der Waals surface area contributed by atoms with E-state index >= 15 is 0 Å². The van der Waals surface area contributed by atoms with E-state index in [1.807, 2.05) is 0 Å². The topological polar surface area (TPSA) is 58.6 Å². The molecule has 1 unspecified atom stereocenters. The van der Waals surface area contributed by atoms with Crippen LogP contribution in [0.2, 0.25) is 0 Å². The summed E-state index contributed by atoms with van der Waals surface area (Å²) in [5.41, 5.74) is 5.80. The Morgan fingerprint density at radius 3 is 2.83 bits per heavy atom. The van der Waals surface area contributed by atoms with E-state index < -0.39 is 0 Å². The Bertz CT molecular complexity index is 454. The van der Waals surface area contributed by atoms with Crippen LogP contribution in [0.4, 0.5) is 4.39 Å². The van der Waals surface area contributed by atoms with Crippen LogP contribution in [-0.2, 0) is 0 Å². The maximum Gasteiger partial charge on any atom is 0.171 e. The van der Waals surface area contributed by atoms with Crippen molar-refractivity contribution in [3.63, 3.8) is 0 Å². The SMILES string of the molecule is CCC(C)CSc1ccc(/C(N)=N/O)c(Br)c1F. The van der Waals surface area contributed by atoms with Crippen molar-refractivity contribution in [3.05, 3.63) is 28.0 Å². The minimum absolute atomic E-state index is 0.112. The molecule has 3 nitrogen and oxygen atoms in total. The van der Waals surface area contributed by atoms with E-state index in [9.17, 15) is 4.39 Å². The number of hydrogen-bond acceptors (Lipinski definition) is 3. The molecule has 100 valence electrons. The van der Waals surface area contributed by atoms with Gasteiger partial charge in [0.05, 0.1) is 4.47 Å². The van der Waals surface area contributed by atoms with Crippen LogP contribution in [0, 0.1) is 11.7 Å². The molecule has 0 amide bonds. The van der Waals surface area contributed by atoms with Gasteiger partial charge in [0, 0.05) is 16.2 Å². The van der Waals surface area contributed by atoms with Gasteiger partial charge < -0.3 is 10.9 Å². The zero-order valence-electron chi connectivity index (χ0n) is 10.3. The fourth-order valence-corrected chi connectivity index (χ4v) is 3.02. The summed E-state index contributed by atoms with van der Waals surface area (Å²) in [6.07, 6.45) is 1.07. The summed E-state index contributed by atoms with van der Waals surface area (Å²) >= 11 is 4.61. The van der Waals surface area contributed by atoms with E-state index in [2.05, 4.69) is 34.9 Å². The summed E-state index contributed by atoms with van der Waals surface area (Å²) in [6, 6.07) is 3.29. The predicted molar refractivity (Wildman–Crippen MR) is 76.8 cm³/mol. The Kier molecular flexibility index (Phi) is 5.95. The number of nitrogens with zero attached hydrogens (tertiary/aromatic N) is 1. The third kappa shape index (κ3) is 3.62. The second-order valence-electron chi connectivity index (χ2n) is 4.05. The number of thioether (sulfide) groups is 1. The molecule has 18 heavy (non-hydrogen) atoms. The molecule has 0 aliphatic heterocycles. The first-order chi connectivity index (χ1) is 8.51. The van der Waals surface area contributed by atoms with E-state index in [1.165, 1.54) is 11.8 Å². The summed E-state index contributed by atoms with van der Waals surface area (Å²) in [6.45, 7) is 4.24. The Morgan fingerprint density at radius 1 is 1.61 bits per heavy atom. The average Bonchev–Trinajstić information content (AvgIpc) is 2.39. The second kappa shape index (κ2) is 6.99. The van der Waals surface area contributed by atoms with Crippen LogP contribution < -0.4 is 5.73 Å². The monoisotopic (exact) mass is 334 g/mol. The molecule has 0 aromatic heterocycles. The molecule has 0 spiro atoms. The van der Waals surface area contributed by atoms with E-state index in [0.29, 0.717) is 16.4 Å². The highest BCUT2D eigenvalue weighted by Gasteiger charge is 2.14. The van der Waals surface area contributed by atoms with Crippen molar-refractivity contribution in [3.8, 4) is 0 Å². The quantitative estimate of drug-likeness (QED) is 0.283. The summed E-state index contributed by atoms with van der Waals surface area (Å²) in [5, 5.41) is 11.5. The van der Waals surface area contributed by atoms with Crippen LogP contribution in [0.3, 0.4) is 0 Å². The Hall–Kier alpha value is -0.750. The first-order valence-electron chi connectivity index (χ1n) is 5.59. The lowest BCUT2D eigenvalue weighted by molar-refractivity contribution is 0.318. The molecule has 1 atom stereocenters. The molecule has 0 bridgehead atoms. The van der Waals surface area contributed by atoms with Crippen LogP contribution in [0.1, 0.15) is 25.8 Å². The summed E-state index contributed by atoms with van der Waals surface area (Å²) in [7, 11) is 0. The minimum Gasteiger partial charge on any atom is -0.409 e. The van der Waals surface area contributed by atoms with Crippen molar-refractivity contribution in [1.82, 2.24) is 0 Å². The molecular weight excluding hydrogens is 319 g/mol. The van der Waals surface area contributed by atoms with Gasteiger partial charge in [-0.15, -0.1) is 11.8 Å². The van der Waals surface area contributed by atoms with E-state index in [1.54, 1.807) is 12.1 Å². The Morgan fingerprint density at radius 2 is 2.28 bits per heavy atom. The van der Waals surface area contributed by atoms with Gasteiger partial charge in [-0.05, 0) is 34.0 Å². The molecule has 0 aliphatic carbocycles. The van der Waals surface area contributed by atoms with Crippen molar-refractivity contribution in [1.29, 1.82) is 0 Å². The molecular formula is C12H16BrFN2OS. The van der Waals surface area contributed by atoms with E-state index in [-0.39, 0.29) is 16.1 Å². The van der Waals surface area contributed by atoms with Gasteiger partial charge in [0.1, 0.15) is 0 Å². The van der Waals surface area contributed by atoms with Gasteiger partial charge in [-0.2, -0.15) is 0 Å². The minimum atomic E-state index is -0.368. The highest BCUT2D eigenvalue weighted by atomic mass is 79.9. The van der Waals surface area contributed by atoms with Crippen LogP contribution in [0.5, 0.6) is 0 Å². The third-order valence-electron chi connectivity index (χ3n) is 2.65. The highest BCUT2D eigenvalue weighted by Crippen LogP contribution is 2.31. The molecule has 1 aromatic rings. The molecule has 0 heterocycles. The molecule has 0 aliphatic rings. The number of benzene rings is 1. The lowest BCUT2D eigenvalue weighted by Crippen LogP contribution is -2.14. The van der Waals surface area contributed by atoms with Crippen LogP contribution in [-0.4, -0.2) is 16.8 Å². The fourth-order valence-electron chi connectivity index (χ4n) is 1.24. The van der Waals surface area contributed by atoms with E-state index in [0.717, 1.165) is 12.2 Å². The van der Waals surface area contributed by atoms with Gasteiger partial charge in [-0.25, -0.2) is 4.39 Å². The molecule has 0 saturated heterocycles. The maximum absolute atomic E-state index is 14.1. The smallest absolute Gasteiger partial charge is 0.171 e. The average molecular weight is 335 g/mol. The van der Waals surface area contributed by atoms with Crippen molar-refractivity contribution < 1.29 is 9.60 Å². The maximum atomic E-state index is 14.1. The number of oxime groups is 1. The molecule has 0 fully saturated rings. The van der Waals surface area contributed by atoms with Gasteiger partial charge in [-0.3, -0.25) is 0 Å². The number of hydrogen-bond donors (Lipinski definition) is 2. The van der Waals surface area contributed by atoms with Crippen molar-refractivity contribution in [2.24, 2.45) is 16.8 Å². The van der Waals surface area contributed by atoms with E-state index in [4.69, 9.17) is 10.9 Å². The zero-order chi connectivity index (χ0) is 13.7. The highest BCUT2D eigenvalue weighted by molar-refractivity contribution is 9.10. The normalized spacial score (nSPS) is 13.7. The van der Waals surface area contributed by atoms with Crippen molar-refractivity contribution >= 4 is 33.5 Å². The van der Waals surface area contributed by atoms with Crippen molar-refractivity contribution in [2.75, 3.05) is 5.75 Å². The molecule has 0 saturated carbocycles. The fraction of sp³-hybridized carbons (Fsp3) is 0.417. The molecule has 1 aromatic carbocycles. The van der Waals surface area contributed by atoms with Crippen LogP contribution >= 0.6 is 27.7 Å². The van der Waals surface area contributed by atoms with Gasteiger partial charge in [0.2, 0.25) is 0 Å². The largest absolute Gasteiger partial charge is 0.409 e. The zero-order valence-corrected chi connectivity index (χ0v) is 12.7. The van der Waals surface area contributed by atoms with Crippen LogP contribution in [0.15, 0.2) is 26.7 Å². The predicted octanol–water partition coefficient (Wildman–Crippen LogP) is 3.82. The molecule has 0 radical (unpaired) electrons. The van der Waals surface area contributed by atoms with Gasteiger partial charge in [-0.1, -0.05) is 25.4 Å². The summed E-state index contributed by atoms with van der Waals surface area (Å²) in [5.74, 6) is 0.923. The number of rotatable bonds is 5. The van der Waals surface area contributed by atoms with Gasteiger partial charge in [0.25, 0.3) is 0 Å². The summed E-state index contributed by atoms with van der Waals surface area (Å²) in [4.78, 5) is 0.566. The number of nitrogens with two attached hydrogens (primary N) is 1. The Balaban J connectivity index is 2.94. The number of amidine groups is 1. The number of halogens is 2. The lowest BCUT2D eigenvalue weighted by atomic mass is 10.2. The second-order valence-corrected chi connectivity index (χ2v) is 5.90. The van der Waals surface area contributed by atoms with Gasteiger partial charge in [0.15, 0.2) is 11.7 Å². The molecule has 1 rings (SSSR count). The first-order valence-corrected chi connectivity index (χ1v) is 7.37. The first kappa shape index (κ1) is 15.3. The third-order valence-corrected chi connectivity index (χ3v) is 4.79. The van der Waals surface area contributed by atoms with Crippen molar-refractivity contribution in [2.45, 2.75) is 25.2 Å². The standard InChI is InChI=1S/C12H16BrFN2OS/c1-3-7(2)6-18-9-5-4-8(12(15)16-17)10(13)11(9)14/h4-5,7,17H,3,6H2,1-2H3,(H2,15,16). The van der Waals surface area contributed by atoms with Gasteiger partial charge >= 0.3 is 0 Å². The Labute approximate surface area is 119 Å². The lowest BCUT2D eigenvalue weighted by Gasteiger charge is -2.11.